The molecule has 26 heavy (non-hydrogen) atoms. The summed E-state index contributed by atoms with van der Waals surface area (Å²) in [5, 5.41) is 0.0710. The van der Waals surface area contributed by atoms with E-state index in [1.54, 1.807) is 4.90 Å². The second-order valence-electron chi connectivity index (χ2n) is 9.46. The maximum atomic E-state index is 13.1. The van der Waals surface area contributed by atoms with E-state index < -0.39 is 14.0 Å². The molecule has 2 aliphatic rings. The number of carbonyl (C=O) groups is 2. The number of hydrogen-bond acceptors (Lipinski definition) is 4. The Morgan fingerprint density at radius 1 is 1.23 bits per heavy atom. The van der Waals surface area contributed by atoms with Gasteiger partial charge in [-0.2, -0.15) is 0 Å². The first-order chi connectivity index (χ1) is 11.9. The molecule has 0 aliphatic carbocycles. The van der Waals surface area contributed by atoms with Gasteiger partial charge in [-0.15, -0.1) is 0 Å². The van der Waals surface area contributed by atoms with Gasteiger partial charge in [-0.3, -0.25) is 9.59 Å². The summed E-state index contributed by atoms with van der Waals surface area (Å²) < 4.78 is 12.4. The van der Waals surface area contributed by atoms with E-state index in [0.717, 1.165) is 25.7 Å². The summed E-state index contributed by atoms with van der Waals surface area (Å²) in [4.78, 5) is 27.5. The fourth-order valence-corrected chi connectivity index (χ4v) is 5.56. The molecule has 0 aromatic carbocycles. The van der Waals surface area contributed by atoms with Crippen LogP contribution in [0.5, 0.6) is 0 Å². The number of nitrogens with zero attached hydrogens (tertiary/aromatic N) is 1. The first-order valence-corrected chi connectivity index (χ1v) is 13.0. The van der Waals surface area contributed by atoms with E-state index in [1.807, 2.05) is 6.92 Å². The summed E-state index contributed by atoms with van der Waals surface area (Å²) in [6.45, 7) is 17.2. The van der Waals surface area contributed by atoms with Crippen LogP contribution in [0.3, 0.4) is 0 Å². The third-order valence-electron chi connectivity index (χ3n) is 6.47. The highest BCUT2D eigenvalue weighted by Gasteiger charge is 2.63. The molecule has 1 amide bonds. The Balaban J connectivity index is 2.24. The van der Waals surface area contributed by atoms with E-state index in [0.29, 0.717) is 0 Å². The van der Waals surface area contributed by atoms with Crippen molar-refractivity contribution in [3.05, 3.63) is 0 Å². The molecule has 0 radical (unpaired) electrons. The molecule has 0 aromatic rings. The largest absolute Gasteiger partial charge is 0.413 e. The summed E-state index contributed by atoms with van der Waals surface area (Å²) in [7, 11) is -2.00. The van der Waals surface area contributed by atoms with E-state index in [9.17, 15) is 9.59 Å². The number of ether oxygens (including phenoxy) is 1. The second kappa shape index (κ2) is 7.36. The van der Waals surface area contributed by atoms with Crippen molar-refractivity contribution < 1.29 is 18.8 Å². The van der Waals surface area contributed by atoms with Crippen molar-refractivity contribution >= 4 is 20.0 Å². The molecule has 0 unspecified atom stereocenters. The van der Waals surface area contributed by atoms with E-state index in [1.165, 1.54) is 0 Å². The summed E-state index contributed by atoms with van der Waals surface area (Å²) in [6, 6.07) is -0.380. The van der Waals surface area contributed by atoms with Crippen molar-refractivity contribution in [1.29, 1.82) is 0 Å². The van der Waals surface area contributed by atoms with Gasteiger partial charge in [0.15, 0.2) is 14.1 Å². The molecule has 2 rings (SSSR count). The fraction of sp³-hybridized carbons (Fsp3) is 0.900. The number of Topliss-reactive ketones (excluding diaryl/α,β-unsaturated/α-hetero) is 1. The Labute approximate surface area is 159 Å². The van der Waals surface area contributed by atoms with Crippen LogP contribution in [0.15, 0.2) is 0 Å². The fourth-order valence-electron chi connectivity index (χ4n) is 4.13. The highest BCUT2D eigenvalue weighted by atomic mass is 28.4. The normalized spacial score (nSPS) is 27.2. The summed E-state index contributed by atoms with van der Waals surface area (Å²) >= 11 is 0. The average Bonchev–Trinajstić information content (AvgIpc) is 2.48. The molecule has 2 aliphatic heterocycles. The van der Waals surface area contributed by atoms with Gasteiger partial charge in [-0.25, -0.2) is 0 Å². The molecular formula is C20H37NO4Si. The monoisotopic (exact) mass is 383 g/mol. The third-order valence-corrected chi connectivity index (χ3v) is 11.0. The standard InChI is InChI=1S/C20H37NO4Si/c1-9-11-20(12-10-2)21-17(15(22)13-24-20)16(18(21)23)14(3)25-26(7,8)19(4,5)6/h14,16-17H,9-13H2,1-8H3/t14-,16-,17-/m1/s1. The molecule has 5 nitrogen and oxygen atoms in total. The lowest BCUT2D eigenvalue weighted by molar-refractivity contribution is -0.247. The van der Waals surface area contributed by atoms with Crippen LogP contribution in [-0.2, 0) is 18.8 Å². The maximum absolute atomic E-state index is 13.1. The Morgan fingerprint density at radius 3 is 2.23 bits per heavy atom. The van der Waals surface area contributed by atoms with Gasteiger partial charge in [0, 0.05) is 0 Å². The minimum Gasteiger partial charge on any atom is -0.413 e. The zero-order valence-corrected chi connectivity index (χ0v) is 18.8. The highest BCUT2D eigenvalue weighted by molar-refractivity contribution is 6.74. The summed E-state index contributed by atoms with van der Waals surface area (Å²) in [5.41, 5.74) is -0.605. The van der Waals surface area contributed by atoms with E-state index in [2.05, 4.69) is 47.7 Å². The van der Waals surface area contributed by atoms with E-state index in [4.69, 9.17) is 9.16 Å². The van der Waals surface area contributed by atoms with Crippen LogP contribution in [0.4, 0.5) is 0 Å². The molecule has 3 atom stereocenters. The molecule has 0 spiro atoms. The molecule has 2 heterocycles. The summed E-state index contributed by atoms with van der Waals surface area (Å²) in [6.07, 6.45) is 3.16. The number of rotatable bonds is 7. The van der Waals surface area contributed by atoms with Gasteiger partial charge < -0.3 is 14.1 Å². The first-order valence-electron chi connectivity index (χ1n) is 10.1. The van der Waals surface area contributed by atoms with Gasteiger partial charge in [-0.05, 0) is 37.9 Å². The number of hydrogen-bond donors (Lipinski definition) is 0. The minimum atomic E-state index is -2.00. The van der Waals surface area contributed by atoms with Crippen LogP contribution < -0.4 is 0 Å². The molecule has 0 N–H and O–H groups in total. The topological polar surface area (TPSA) is 55.8 Å². The van der Waals surface area contributed by atoms with Gasteiger partial charge in [0.1, 0.15) is 18.4 Å². The lowest BCUT2D eigenvalue weighted by atomic mass is 9.76. The molecular weight excluding hydrogens is 346 g/mol. The Hall–Kier alpha value is -0.723. The summed E-state index contributed by atoms with van der Waals surface area (Å²) in [5.74, 6) is -0.326. The molecule has 0 saturated carbocycles. The predicted molar refractivity (Wildman–Crippen MR) is 105 cm³/mol. The third kappa shape index (κ3) is 3.52. The number of fused-ring (bicyclic) bond motifs is 1. The zero-order valence-electron chi connectivity index (χ0n) is 17.8. The van der Waals surface area contributed by atoms with Crippen LogP contribution in [-0.4, -0.2) is 49.4 Å². The van der Waals surface area contributed by atoms with Gasteiger partial charge in [-0.1, -0.05) is 47.5 Å². The lowest BCUT2D eigenvalue weighted by Crippen LogP contribution is -2.78. The number of β-lactam (4-membered cyclic amide) rings is 1. The Morgan fingerprint density at radius 2 is 1.77 bits per heavy atom. The van der Waals surface area contributed by atoms with Crippen molar-refractivity contribution in [2.75, 3.05) is 6.61 Å². The second-order valence-corrected chi connectivity index (χ2v) is 14.2. The SMILES string of the molecule is CCCC1(CCC)OCC(=O)[C@@H]2[C@@H]([C@@H](C)O[Si](C)(C)C(C)(C)C)C(=O)N21. The Kier molecular flexibility index (Phi) is 6.11. The first kappa shape index (κ1) is 21.6. The number of ketones is 1. The van der Waals surface area contributed by atoms with Crippen molar-refractivity contribution in [3.8, 4) is 0 Å². The van der Waals surface area contributed by atoms with E-state index in [-0.39, 0.29) is 41.4 Å². The van der Waals surface area contributed by atoms with Gasteiger partial charge in [0.2, 0.25) is 5.91 Å². The molecule has 6 heteroatoms. The highest BCUT2D eigenvalue weighted by Crippen LogP contribution is 2.46. The van der Waals surface area contributed by atoms with Crippen molar-refractivity contribution in [3.63, 3.8) is 0 Å². The molecule has 150 valence electrons. The quantitative estimate of drug-likeness (QED) is 0.490. The predicted octanol–water partition coefficient (Wildman–Crippen LogP) is 4.12. The van der Waals surface area contributed by atoms with Crippen LogP contribution in [0.25, 0.3) is 0 Å². The van der Waals surface area contributed by atoms with Gasteiger partial charge in [0.25, 0.3) is 0 Å². The van der Waals surface area contributed by atoms with Crippen molar-refractivity contribution in [2.45, 2.75) is 103 Å². The van der Waals surface area contributed by atoms with Crippen molar-refractivity contribution in [2.24, 2.45) is 5.92 Å². The van der Waals surface area contributed by atoms with Crippen molar-refractivity contribution in [1.82, 2.24) is 4.90 Å². The smallest absolute Gasteiger partial charge is 0.233 e. The number of carbonyl (C=O) groups excluding carboxylic acids is 2. The van der Waals surface area contributed by atoms with Crippen LogP contribution in [0.2, 0.25) is 18.1 Å². The average molecular weight is 384 g/mol. The molecule has 2 saturated heterocycles. The van der Waals surface area contributed by atoms with E-state index >= 15 is 0 Å². The zero-order chi connectivity index (χ0) is 19.9. The molecule has 2 fully saturated rings. The maximum Gasteiger partial charge on any atom is 0.233 e. The van der Waals surface area contributed by atoms with Crippen LogP contribution >= 0.6 is 0 Å². The number of amides is 1. The van der Waals surface area contributed by atoms with Gasteiger partial charge >= 0.3 is 0 Å². The minimum absolute atomic E-state index is 0.0168. The van der Waals surface area contributed by atoms with Crippen LogP contribution in [0.1, 0.15) is 67.2 Å². The lowest BCUT2D eigenvalue weighted by Gasteiger charge is -2.60. The molecule has 0 aromatic heterocycles. The van der Waals surface area contributed by atoms with Gasteiger partial charge in [0.05, 0.1) is 12.0 Å². The molecule has 0 bridgehead atoms. The Bertz CT molecular complexity index is 549. The van der Waals surface area contributed by atoms with Crippen LogP contribution in [0, 0.1) is 5.92 Å².